The van der Waals surface area contributed by atoms with Crippen LogP contribution in [0, 0.1) is 18.8 Å². The number of carbonyl (C=O) groups excluding carboxylic acids is 1. The molecule has 2 unspecified atom stereocenters. The van der Waals surface area contributed by atoms with Gasteiger partial charge in [0.15, 0.2) is 5.69 Å². The number of carbonyl (C=O) groups is 2. The van der Waals surface area contributed by atoms with Gasteiger partial charge < -0.3 is 14.7 Å². The number of aromatic nitrogens is 2. The lowest BCUT2D eigenvalue weighted by Crippen LogP contribution is -2.34. The Balaban J connectivity index is 1.21. The van der Waals surface area contributed by atoms with Gasteiger partial charge in [-0.2, -0.15) is 9.78 Å². The number of benzene rings is 2. The molecule has 1 aliphatic heterocycles. The average molecular weight is 431 g/mol. The summed E-state index contributed by atoms with van der Waals surface area (Å²) in [6, 6.07) is 18.2. The number of ether oxygens (including phenoxy) is 1. The summed E-state index contributed by atoms with van der Waals surface area (Å²) in [6.07, 6.45) is 3.44. The fraction of sp³-hybridized carbons (Fsp3) is 0.320. The zero-order chi connectivity index (χ0) is 22.2. The number of nitrogens with zero attached hydrogens (tertiary/aromatic N) is 3. The van der Waals surface area contributed by atoms with Crippen molar-refractivity contribution in [2.45, 2.75) is 25.9 Å². The molecule has 2 aliphatic rings. The summed E-state index contributed by atoms with van der Waals surface area (Å²) >= 11 is 0. The summed E-state index contributed by atoms with van der Waals surface area (Å²) in [4.78, 5) is 25.8. The number of hydrogen-bond donors (Lipinski definition) is 1. The molecule has 7 nitrogen and oxygen atoms in total. The van der Waals surface area contributed by atoms with Crippen LogP contribution in [-0.4, -0.2) is 51.0 Å². The highest BCUT2D eigenvalue weighted by molar-refractivity contribution is 5.88. The number of hydrogen-bond acceptors (Lipinski definition) is 4. The first kappa shape index (κ1) is 20.3. The van der Waals surface area contributed by atoms with E-state index in [-0.39, 0.29) is 17.8 Å². The SMILES string of the molecule is Cc1cn(C(=O)N2CC3CC(Oc4cccc(-c5ccccc5)c4)CC3C2)nc1C(=O)O. The fourth-order valence-corrected chi connectivity index (χ4v) is 4.98. The second kappa shape index (κ2) is 8.15. The van der Waals surface area contributed by atoms with Crippen molar-refractivity contribution < 1.29 is 19.4 Å². The Hall–Kier alpha value is -3.61. The lowest BCUT2D eigenvalue weighted by Gasteiger charge is -2.20. The zero-order valence-electron chi connectivity index (χ0n) is 17.8. The van der Waals surface area contributed by atoms with Crippen LogP contribution in [0.15, 0.2) is 60.8 Å². The van der Waals surface area contributed by atoms with Crippen LogP contribution in [0.1, 0.15) is 28.9 Å². The molecule has 0 radical (unpaired) electrons. The summed E-state index contributed by atoms with van der Waals surface area (Å²) in [6.45, 7) is 2.94. The largest absolute Gasteiger partial charge is 0.490 e. The van der Waals surface area contributed by atoms with Crippen LogP contribution < -0.4 is 4.74 Å². The molecule has 2 heterocycles. The molecular weight excluding hydrogens is 406 g/mol. The van der Waals surface area contributed by atoms with E-state index in [0.29, 0.717) is 30.5 Å². The Bertz CT molecular complexity index is 1140. The maximum atomic E-state index is 12.8. The minimum atomic E-state index is -1.12. The van der Waals surface area contributed by atoms with Crippen LogP contribution in [0.5, 0.6) is 5.75 Å². The van der Waals surface area contributed by atoms with Gasteiger partial charge in [-0.05, 0) is 54.9 Å². The van der Waals surface area contributed by atoms with Gasteiger partial charge in [0.05, 0.1) is 6.10 Å². The van der Waals surface area contributed by atoms with Crippen LogP contribution >= 0.6 is 0 Å². The van der Waals surface area contributed by atoms with Crippen molar-refractivity contribution in [2.24, 2.45) is 11.8 Å². The van der Waals surface area contributed by atoms with Gasteiger partial charge in [0.25, 0.3) is 0 Å². The number of carboxylic acids is 1. The predicted molar refractivity (Wildman–Crippen MR) is 119 cm³/mol. The highest BCUT2D eigenvalue weighted by Crippen LogP contribution is 2.40. The van der Waals surface area contributed by atoms with Crippen LogP contribution in [0.25, 0.3) is 11.1 Å². The first-order chi connectivity index (χ1) is 15.5. The fourth-order valence-electron chi connectivity index (χ4n) is 4.98. The lowest BCUT2D eigenvalue weighted by atomic mass is 10.0. The molecule has 2 atom stereocenters. The number of carboxylic acid groups (broad SMARTS) is 1. The van der Waals surface area contributed by atoms with Crippen molar-refractivity contribution in [1.82, 2.24) is 14.7 Å². The van der Waals surface area contributed by atoms with Crippen molar-refractivity contribution >= 4 is 12.0 Å². The Morgan fingerprint density at radius 1 is 1.00 bits per heavy atom. The topological polar surface area (TPSA) is 84.7 Å². The molecule has 0 spiro atoms. The Labute approximate surface area is 186 Å². The van der Waals surface area contributed by atoms with Crippen molar-refractivity contribution in [1.29, 1.82) is 0 Å². The van der Waals surface area contributed by atoms with E-state index in [0.717, 1.165) is 34.4 Å². The zero-order valence-corrected chi connectivity index (χ0v) is 17.8. The van der Waals surface area contributed by atoms with E-state index in [1.807, 2.05) is 30.3 Å². The average Bonchev–Trinajstić information content (AvgIpc) is 3.47. The first-order valence-electron chi connectivity index (χ1n) is 10.9. The molecule has 3 aromatic rings. The second-order valence-electron chi connectivity index (χ2n) is 8.72. The summed E-state index contributed by atoms with van der Waals surface area (Å²) in [5, 5.41) is 13.1. The predicted octanol–water partition coefficient (Wildman–Crippen LogP) is 4.31. The van der Waals surface area contributed by atoms with Crippen molar-refractivity contribution in [3.8, 4) is 16.9 Å². The summed E-state index contributed by atoms with van der Waals surface area (Å²) in [5.41, 5.74) is 2.70. The Morgan fingerprint density at radius 2 is 1.69 bits per heavy atom. The van der Waals surface area contributed by atoms with E-state index in [1.165, 1.54) is 6.20 Å². The lowest BCUT2D eigenvalue weighted by molar-refractivity contribution is 0.0689. The minimum absolute atomic E-state index is 0.0797. The summed E-state index contributed by atoms with van der Waals surface area (Å²) in [5.74, 6) is 0.523. The van der Waals surface area contributed by atoms with E-state index in [9.17, 15) is 14.7 Å². The molecule has 1 aliphatic carbocycles. The van der Waals surface area contributed by atoms with E-state index in [4.69, 9.17) is 4.74 Å². The molecule has 1 saturated carbocycles. The molecule has 1 amide bonds. The van der Waals surface area contributed by atoms with E-state index in [1.54, 1.807) is 11.8 Å². The molecule has 164 valence electrons. The molecular formula is C25H25N3O4. The number of likely N-dealkylation sites (tertiary alicyclic amines) is 1. The standard InChI is InChI=1S/C25H25N3O4/c1-16-13-28(26-23(16)24(29)30)25(31)27-14-19-11-22(12-20(19)15-27)32-21-9-5-8-18(10-21)17-6-3-2-4-7-17/h2-10,13,19-20,22H,11-12,14-15H2,1H3,(H,29,30). The molecule has 0 bridgehead atoms. The Kier molecular flexibility index (Phi) is 5.17. The van der Waals surface area contributed by atoms with Gasteiger partial charge in [-0.1, -0.05) is 42.5 Å². The van der Waals surface area contributed by atoms with Crippen LogP contribution in [0.2, 0.25) is 0 Å². The normalized spacial score (nSPS) is 22.0. The monoisotopic (exact) mass is 431 g/mol. The molecule has 32 heavy (non-hydrogen) atoms. The highest BCUT2D eigenvalue weighted by Gasteiger charge is 2.43. The second-order valence-corrected chi connectivity index (χ2v) is 8.72. The maximum absolute atomic E-state index is 12.8. The number of fused-ring (bicyclic) bond motifs is 1. The molecule has 2 fully saturated rings. The molecule has 1 saturated heterocycles. The van der Waals surface area contributed by atoms with Gasteiger partial charge in [-0.15, -0.1) is 0 Å². The van der Waals surface area contributed by atoms with Gasteiger partial charge in [-0.25, -0.2) is 9.59 Å². The van der Waals surface area contributed by atoms with Gasteiger partial charge >= 0.3 is 12.0 Å². The molecule has 1 N–H and O–H groups in total. The number of aromatic carboxylic acids is 1. The van der Waals surface area contributed by atoms with Crippen LogP contribution in [0.4, 0.5) is 4.79 Å². The minimum Gasteiger partial charge on any atom is -0.490 e. The third-order valence-corrected chi connectivity index (χ3v) is 6.52. The number of rotatable bonds is 4. The van der Waals surface area contributed by atoms with Crippen molar-refractivity contribution in [2.75, 3.05) is 13.1 Å². The Morgan fingerprint density at radius 3 is 2.34 bits per heavy atom. The summed E-state index contributed by atoms with van der Waals surface area (Å²) in [7, 11) is 0. The van der Waals surface area contributed by atoms with E-state index >= 15 is 0 Å². The third kappa shape index (κ3) is 3.86. The van der Waals surface area contributed by atoms with Gasteiger partial charge in [-0.3, -0.25) is 0 Å². The quantitative estimate of drug-likeness (QED) is 0.665. The van der Waals surface area contributed by atoms with Crippen molar-refractivity contribution in [3.63, 3.8) is 0 Å². The van der Waals surface area contributed by atoms with Gasteiger partial charge in [0.2, 0.25) is 0 Å². The molecule has 2 aromatic carbocycles. The molecule has 7 heteroatoms. The maximum Gasteiger partial charge on any atom is 0.356 e. The summed E-state index contributed by atoms with van der Waals surface area (Å²) < 4.78 is 7.47. The van der Waals surface area contributed by atoms with E-state index in [2.05, 4.69) is 29.4 Å². The van der Waals surface area contributed by atoms with Crippen molar-refractivity contribution in [3.05, 3.63) is 72.1 Å². The van der Waals surface area contributed by atoms with Crippen LogP contribution in [-0.2, 0) is 0 Å². The van der Waals surface area contributed by atoms with Gasteiger partial charge in [0, 0.05) is 24.8 Å². The number of amides is 1. The third-order valence-electron chi connectivity index (χ3n) is 6.52. The smallest absolute Gasteiger partial charge is 0.356 e. The first-order valence-corrected chi connectivity index (χ1v) is 10.9. The molecule has 5 rings (SSSR count). The van der Waals surface area contributed by atoms with E-state index < -0.39 is 5.97 Å². The van der Waals surface area contributed by atoms with Gasteiger partial charge in [0.1, 0.15) is 5.75 Å². The molecule has 1 aromatic heterocycles. The van der Waals surface area contributed by atoms with Crippen LogP contribution in [0.3, 0.4) is 0 Å². The highest BCUT2D eigenvalue weighted by atomic mass is 16.5. The number of aryl methyl sites for hydroxylation is 1.